The third-order valence-electron chi connectivity index (χ3n) is 4.92. The van der Waals surface area contributed by atoms with Gasteiger partial charge in [-0.15, -0.1) is 10.2 Å². The average Bonchev–Trinajstić information content (AvgIpc) is 3.31. The normalized spacial score (nSPS) is 12.9. The molecule has 3 aromatic carbocycles. The van der Waals surface area contributed by atoms with Crippen LogP contribution in [0, 0.1) is 0 Å². The number of aromatic amines is 1. The largest absolute Gasteiger partial charge is 0.197 e. The second-order valence-electron chi connectivity index (χ2n) is 6.72. The van der Waals surface area contributed by atoms with E-state index in [2.05, 4.69) is 119 Å². The summed E-state index contributed by atoms with van der Waals surface area (Å²) in [6.07, 6.45) is 6.05. The molecule has 1 heterocycles. The molecule has 1 aromatic heterocycles. The van der Waals surface area contributed by atoms with Gasteiger partial charge in [0.1, 0.15) is 0 Å². The summed E-state index contributed by atoms with van der Waals surface area (Å²) in [6, 6.07) is 29.9. The highest BCUT2D eigenvalue weighted by atomic mass is 15.5. The monoisotopic (exact) mass is 378 g/mol. The SMILES string of the molecule is CC=C(c1ccccc1)C(c1ccccc1)c1ccc(C=Cc2nn[nH]n2)cc1. The lowest BCUT2D eigenvalue weighted by atomic mass is 9.81. The number of aromatic nitrogens is 4. The van der Waals surface area contributed by atoms with Crippen molar-refractivity contribution in [2.45, 2.75) is 12.8 Å². The van der Waals surface area contributed by atoms with Crippen LogP contribution in [-0.2, 0) is 0 Å². The Labute approximate surface area is 170 Å². The van der Waals surface area contributed by atoms with Gasteiger partial charge < -0.3 is 0 Å². The fourth-order valence-corrected chi connectivity index (χ4v) is 3.54. The van der Waals surface area contributed by atoms with E-state index in [0.29, 0.717) is 5.82 Å². The number of nitrogens with one attached hydrogen (secondary N) is 1. The van der Waals surface area contributed by atoms with Crippen LogP contribution in [0.1, 0.15) is 40.9 Å². The van der Waals surface area contributed by atoms with Gasteiger partial charge in [-0.05, 0) is 46.0 Å². The van der Waals surface area contributed by atoms with Crippen LogP contribution in [0.4, 0.5) is 0 Å². The molecule has 0 saturated heterocycles. The molecule has 0 aliphatic heterocycles. The Morgan fingerprint density at radius 2 is 1.45 bits per heavy atom. The molecule has 0 amide bonds. The maximum absolute atomic E-state index is 3.94. The minimum Gasteiger partial charge on any atom is -0.177 e. The first kappa shape index (κ1) is 18.6. The van der Waals surface area contributed by atoms with Crippen LogP contribution < -0.4 is 0 Å². The van der Waals surface area contributed by atoms with E-state index in [9.17, 15) is 0 Å². The molecule has 0 aliphatic carbocycles. The number of benzene rings is 3. The summed E-state index contributed by atoms with van der Waals surface area (Å²) in [5, 5.41) is 13.9. The van der Waals surface area contributed by atoms with Gasteiger partial charge in [-0.1, -0.05) is 97.1 Å². The third kappa shape index (κ3) is 4.38. The van der Waals surface area contributed by atoms with Gasteiger partial charge in [-0.25, -0.2) is 0 Å². The van der Waals surface area contributed by atoms with Crippen LogP contribution in [-0.4, -0.2) is 20.6 Å². The summed E-state index contributed by atoms with van der Waals surface area (Å²) in [6.45, 7) is 2.11. The Morgan fingerprint density at radius 3 is 2.07 bits per heavy atom. The molecule has 0 spiro atoms. The van der Waals surface area contributed by atoms with Gasteiger partial charge in [0.25, 0.3) is 0 Å². The Balaban J connectivity index is 1.70. The fraction of sp³-hybridized carbons (Fsp3) is 0.0800. The number of allylic oxidation sites excluding steroid dienone is 2. The quantitative estimate of drug-likeness (QED) is 0.475. The minimum absolute atomic E-state index is 0.166. The van der Waals surface area contributed by atoms with Crippen LogP contribution in [0.3, 0.4) is 0 Å². The standard InChI is InChI=1S/C25H22N4/c1-2-23(20-9-5-3-6-10-20)25(21-11-7-4-8-12-21)22-16-13-19(14-17-22)15-18-24-26-28-29-27-24/h2-18,25H,1H3,(H,26,27,28,29). The van der Waals surface area contributed by atoms with E-state index in [-0.39, 0.29) is 5.92 Å². The van der Waals surface area contributed by atoms with Crippen molar-refractivity contribution >= 4 is 17.7 Å². The Bertz CT molecular complexity index is 1080. The van der Waals surface area contributed by atoms with E-state index in [1.54, 1.807) is 0 Å². The lowest BCUT2D eigenvalue weighted by Gasteiger charge is -2.22. The van der Waals surface area contributed by atoms with Crippen molar-refractivity contribution in [1.29, 1.82) is 0 Å². The molecule has 1 unspecified atom stereocenters. The van der Waals surface area contributed by atoms with Gasteiger partial charge in [-0.2, -0.15) is 5.21 Å². The predicted octanol–water partition coefficient (Wildman–Crippen LogP) is 5.61. The zero-order chi connectivity index (χ0) is 19.9. The molecule has 4 nitrogen and oxygen atoms in total. The van der Waals surface area contributed by atoms with E-state index in [4.69, 9.17) is 0 Å². The molecule has 0 saturated carbocycles. The zero-order valence-electron chi connectivity index (χ0n) is 16.2. The number of tetrazole rings is 1. The molecular formula is C25H22N4. The highest BCUT2D eigenvalue weighted by molar-refractivity contribution is 5.75. The Kier molecular flexibility index (Phi) is 5.72. The van der Waals surface area contributed by atoms with Gasteiger partial charge in [-0.3, -0.25) is 0 Å². The number of hydrogen-bond acceptors (Lipinski definition) is 3. The summed E-state index contributed by atoms with van der Waals surface area (Å²) < 4.78 is 0. The highest BCUT2D eigenvalue weighted by Gasteiger charge is 2.19. The van der Waals surface area contributed by atoms with Crippen molar-refractivity contribution in [1.82, 2.24) is 20.6 Å². The molecule has 1 N–H and O–H groups in total. The molecule has 0 radical (unpaired) electrons. The maximum Gasteiger partial charge on any atom is 0.197 e. The summed E-state index contributed by atoms with van der Waals surface area (Å²) in [4.78, 5) is 0. The molecular weight excluding hydrogens is 356 g/mol. The van der Waals surface area contributed by atoms with Gasteiger partial charge in [0.15, 0.2) is 5.82 Å². The zero-order valence-corrected chi connectivity index (χ0v) is 16.2. The van der Waals surface area contributed by atoms with Gasteiger partial charge >= 0.3 is 0 Å². The van der Waals surface area contributed by atoms with Gasteiger partial charge in [0.05, 0.1) is 0 Å². The van der Waals surface area contributed by atoms with E-state index >= 15 is 0 Å². The molecule has 142 valence electrons. The molecule has 4 heteroatoms. The molecule has 0 aliphatic rings. The topological polar surface area (TPSA) is 54.5 Å². The van der Waals surface area contributed by atoms with Gasteiger partial charge in [0.2, 0.25) is 0 Å². The molecule has 4 aromatic rings. The van der Waals surface area contributed by atoms with Crippen molar-refractivity contribution in [3.63, 3.8) is 0 Å². The minimum atomic E-state index is 0.166. The first-order valence-electron chi connectivity index (χ1n) is 9.63. The smallest absolute Gasteiger partial charge is 0.177 e. The van der Waals surface area contributed by atoms with Crippen LogP contribution in [0.15, 0.2) is 91.0 Å². The number of H-pyrrole nitrogens is 1. The highest BCUT2D eigenvalue weighted by Crippen LogP contribution is 2.37. The van der Waals surface area contributed by atoms with Crippen molar-refractivity contribution in [3.8, 4) is 0 Å². The summed E-state index contributed by atoms with van der Waals surface area (Å²) in [5.41, 5.74) is 6.16. The van der Waals surface area contributed by atoms with E-state index in [1.165, 1.54) is 22.3 Å². The second-order valence-corrected chi connectivity index (χ2v) is 6.72. The first-order valence-corrected chi connectivity index (χ1v) is 9.63. The lowest BCUT2D eigenvalue weighted by Crippen LogP contribution is -2.04. The summed E-state index contributed by atoms with van der Waals surface area (Å²) in [7, 11) is 0. The van der Waals surface area contributed by atoms with Crippen LogP contribution in [0.5, 0.6) is 0 Å². The summed E-state index contributed by atoms with van der Waals surface area (Å²) in [5.74, 6) is 0.732. The van der Waals surface area contributed by atoms with Crippen molar-refractivity contribution in [2.24, 2.45) is 0 Å². The van der Waals surface area contributed by atoms with Gasteiger partial charge in [0, 0.05) is 5.92 Å². The predicted molar refractivity (Wildman–Crippen MR) is 118 cm³/mol. The Hall–Kier alpha value is -3.79. The number of hydrogen-bond donors (Lipinski definition) is 1. The Morgan fingerprint density at radius 1 is 0.793 bits per heavy atom. The van der Waals surface area contributed by atoms with Crippen LogP contribution >= 0.6 is 0 Å². The summed E-state index contributed by atoms with van der Waals surface area (Å²) >= 11 is 0. The average molecular weight is 378 g/mol. The molecule has 4 rings (SSSR count). The van der Waals surface area contributed by atoms with Crippen molar-refractivity contribution < 1.29 is 0 Å². The lowest BCUT2D eigenvalue weighted by molar-refractivity contribution is 0.881. The number of nitrogens with zero attached hydrogens (tertiary/aromatic N) is 3. The second kappa shape index (κ2) is 8.93. The molecule has 0 bridgehead atoms. The van der Waals surface area contributed by atoms with E-state index < -0.39 is 0 Å². The fourth-order valence-electron chi connectivity index (χ4n) is 3.54. The van der Waals surface area contributed by atoms with E-state index in [1.807, 2.05) is 12.2 Å². The first-order chi connectivity index (χ1) is 14.3. The number of rotatable bonds is 6. The van der Waals surface area contributed by atoms with Crippen molar-refractivity contribution in [3.05, 3.63) is 119 Å². The maximum atomic E-state index is 3.94. The molecule has 29 heavy (non-hydrogen) atoms. The van der Waals surface area contributed by atoms with Crippen LogP contribution in [0.25, 0.3) is 17.7 Å². The van der Waals surface area contributed by atoms with Crippen LogP contribution in [0.2, 0.25) is 0 Å². The molecule has 0 fully saturated rings. The van der Waals surface area contributed by atoms with E-state index in [0.717, 1.165) is 5.56 Å². The third-order valence-corrected chi connectivity index (χ3v) is 4.92. The molecule has 1 atom stereocenters. The van der Waals surface area contributed by atoms with Crippen molar-refractivity contribution in [2.75, 3.05) is 0 Å².